The van der Waals surface area contributed by atoms with E-state index in [1.54, 1.807) is 7.11 Å². The molecule has 0 aliphatic heterocycles. The lowest BCUT2D eigenvalue weighted by Gasteiger charge is -2.23. The minimum atomic E-state index is -0.324. The van der Waals surface area contributed by atoms with Crippen LogP contribution in [0.3, 0.4) is 0 Å². The Morgan fingerprint density at radius 3 is 2.29 bits per heavy atom. The molecular formula is C17H21FN2O. The van der Waals surface area contributed by atoms with E-state index in [9.17, 15) is 4.39 Å². The molecule has 0 aliphatic rings. The van der Waals surface area contributed by atoms with Gasteiger partial charge in [-0.15, -0.1) is 0 Å². The van der Waals surface area contributed by atoms with Crippen molar-refractivity contribution in [2.75, 3.05) is 7.11 Å². The molecular weight excluding hydrogens is 267 g/mol. The summed E-state index contributed by atoms with van der Waals surface area (Å²) < 4.78 is 19.2. The second kappa shape index (κ2) is 6.24. The van der Waals surface area contributed by atoms with E-state index in [0.29, 0.717) is 0 Å². The van der Waals surface area contributed by atoms with E-state index in [0.717, 1.165) is 33.6 Å². The van der Waals surface area contributed by atoms with Crippen molar-refractivity contribution in [3.63, 3.8) is 0 Å². The lowest BCUT2D eigenvalue weighted by Crippen LogP contribution is -2.30. The number of ether oxygens (including phenoxy) is 1. The molecule has 0 heterocycles. The van der Waals surface area contributed by atoms with Gasteiger partial charge in [-0.2, -0.15) is 0 Å². The first-order chi connectivity index (χ1) is 9.96. The fraction of sp³-hybridized carbons (Fsp3) is 0.294. The summed E-state index contributed by atoms with van der Waals surface area (Å²) in [5.41, 5.74) is 7.50. The van der Waals surface area contributed by atoms with Gasteiger partial charge < -0.3 is 4.74 Å². The van der Waals surface area contributed by atoms with Gasteiger partial charge in [0.15, 0.2) is 0 Å². The van der Waals surface area contributed by atoms with Crippen LogP contribution in [0.15, 0.2) is 30.3 Å². The molecule has 0 spiro atoms. The van der Waals surface area contributed by atoms with Gasteiger partial charge in [0.05, 0.1) is 13.2 Å². The Kier molecular flexibility index (Phi) is 4.60. The number of hydrogen-bond donors (Lipinski definition) is 2. The highest BCUT2D eigenvalue weighted by molar-refractivity contribution is 5.49. The molecule has 0 aliphatic carbocycles. The van der Waals surface area contributed by atoms with Crippen molar-refractivity contribution in [1.29, 1.82) is 0 Å². The van der Waals surface area contributed by atoms with E-state index < -0.39 is 0 Å². The highest BCUT2D eigenvalue weighted by Crippen LogP contribution is 2.34. The molecule has 0 amide bonds. The molecule has 3 nitrogen and oxygen atoms in total. The Balaban J connectivity index is 2.61. The van der Waals surface area contributed by atoms with Crippen molar-refractivity contribution >= 4 is 0 Å². The smallest absolute Gasteiger partial charge is 0.124 e. The number of nitrogens with two attached hydrogens (primary N) is 1. The Hall–Kier alpha value is -1.91. The van der Waals surface area contributed by atoms with Crippen molar-refractivity contribution in [2.45, 2.75) is 26.8 Å². The summed E-state index contributed by atoms with van der Waals surface area (Å²) in [6.07, 6.45) is 0. The zero-order valence-corrected chi connectivity index (χ0v) is 12.8. The Morgan fingerprint density at radius 2 is 1.71 bits per heavy atom. The molecule has 1 atom stereocenters. The van der Waals surface area contributed by atoms with E-state index in [2.05, 4.69) is 11.5 Å². The highest BCUT2D eigenvalue weighted by atomic mass is 19.1. The second-order valence-corrected chi connectivity index (χ2v) is 5.36. The van der Waals surface area contributed by atoms with Gasteiger partial charge >= 0.3 is 0 Å². The molecule has 1 unspecified atom stereocenters. The zero-order valence-electron chi connectivity index (χ0n) is 12.8. The predicted octanol–water partition coefficient (Wildman–Crippen LogP) is 3.31. The first-order valence-electron chi connectivity index (χ1n) is 6.84. The van der Waals surface area contributed by atoms with Gasteiger partial charge in [-0.05, 0) is 61.2 Å². The van der Waals surface area contributed by atoms with Crippen molar-refractivity contribution in [3.05, 3.63) is 64.0 Å². The van der Waals surface area contributed by atoms with Crippen LogP contribution in [0.1, 0.15) is 33.9 Å². The van der Waals surface area contributed by atoms with Crippen LogP contribution in [0.5, 0.6) is 5.75 Å². The standard InChI is InChI=1S/C17H21FN2O/c1-10-5-12(3)16(15(8-10)21-4)17(20-19)13-6-11(2)7-14(18)9-13/h5-9,17,20H,19H2,1-4H3. The summed E-state index contributed by atoms with van der Waals surface area (Å²) in [5, 5.41) is 0. The van der Waals surface area contributed by atoms with Crippen LogP contribution in [0.2, 0.25) is 0 Å². The van der Waals surface area contributed by atoms with Gasteiger partial charge in [-0.3, -0.25) is 5.84 Å². The minimum Gasteiger partial charge on any atom is -0.496 e. The average molecular weight is 288 g/mol. The van der Waals surface area contributed by atoms with Crippen LogP contribution in [-0.4, -0.2) is 7.11 Å². The van der Waals surface area contributed by atoms with Gasteiger partial charge in [0.25, 0.3) is 0 Å². The highest BCUT2D eigenvalue weighted by Gasteiger charge is 2.20. The zero-order chi connectivity index (χ0) is 15.6. The molecule has 0 saturated carbocycles. The van der Waals surface area contributed by atoms with E-state index in [4.69, 9.17) is 10.6 Å². The third-order valence-corrected chi connectivity index (χ3v) is 3.57. The number of hydrogen-bond acceptors (Lipinski definition) is 3. The average Bonchev–Trinajstić information content (AvgIpc) is 2.40. The van der Waals surface area contributed by atoms with Crippen LogP contribution < -0.4 is 16.0 Å². The van der Waals surface area contributed by atoms with E-state index in [1.807, 2.05) is 32.9 Å². The van der Waals surface area contributed by atoms with Gasteiger partial charge in [0.1, 0.15) is 11.6 Å². The number of rotatable bonds is 4. The Labute approximate surface area is 124 Å². The fourth-order valence-corrected chi connectivity index (χ4v) is 2.76. The molecule has 0 radical (unpaired) electrons. The molecule has 112 valence electrons. The van der Waals surface area contributed by atoms with Crippen LogP contribution >= 0.6 is 0 Å². The SMILES string of the molecule is COc1cc(C)cc(C)c1C(NN)c1cc(C)cc(F)c1. The quantitative estimate of drug-likeness (QED) is 0.670. The molecule has 2 aromatic rings. The molecule has 0 fully saturated rings. The summed E-state index contributed by atoms with van der Waals surface area (Å²) in [6, 6.07) is 8.61. The molecule has 0 bridgehead atoms. The summed E-state index contributed by atoms with van der Waals surface area (Å²) in [5.74, 6) is 6.22. The maximum absolute atomic E-state index is 13.7. The van der Waals surface area contributed by atoms with Gasteiger partial charge in [0, 0.05) is 5.56 Å². The first-order valence-corrected chi connectivity index (χ1v) is 6.84. The lowest BCUT2D eigenvalue weighted by molar-refractivity contribution is 0.403. The first kappa shape index (κ1) is 15.5. The number of hydrazine groups is 1. The normalized spacial score (nSPS) is 12.3. The van der Waals surface area contributed by atoms with E-state index in [-0.39, 0.29) is 11.9 Å². The van der Waals surface area contributed by atoms with Crippen LogP contribution in [-0.2, 0) is 0 Å². The lowest BCUT2D eigenvalue weighted by atomic mass is 9.92. The minimum absolute atomic E-state index is 0.269. The Morgan fingerprint density at radius 1 is 1.05 bits per heavy atom. The monoisotopic (exact) mass is 288 g/mol. The summed E-state index contributed by atoms with van der Waals surface area (Å²) in [7, 11) is 1.63. The van der Waals surface area contributed by atoms with Crippen molar-refractivity contribution in [3.8, 4) is 5.75 Å². The number of aryl methyl sites for hydroxylation is 3. The number of methoxy groups -OCH3 is 1. The van der Waals surface area contributed by atoms with Crippen LogP contribution in [0.4, 0.5) is 4.39 Å². The van der Waals surface area contributed by atoms with Crippen molar-refractivity contribution in [2.24, 2.45) is 5.84 Å². The number of nitrogens with one attached hydrogen (secondary N) is 1. The molecule has 2 aromatic carbocycles. The van der Waals surface area contributed by atoms with E-state index in [1.165, 1.54) is 12.1 Å². The third kappa shape index (κ3) is 3.23. The molecule has 0 saturated heterocycles. The second-order valence-electron chi connectivity index (χ2n) is 5.36. The van der Waals surface area contributed by atoms with Crippen LogP contribution in [0.25, 0.3) is 0 Å². The maximum Gasteiger partial charge on any atom is 0.124 e. The van der Waals surface area contributed by atoms with Crippen LogP contribution in [0, 0.1) is 26.6 Å². The molecule has 3 N–H and O–H groups in total. The molecule has 4 heteroatoms. The number of halogens is 1. The molecule has 0 aromatic heterocycles. The Bertz CT molecular complexity index is 635. The topological polar surface area (TPSA) is 47.3 Å². The summed E-state index contributed by atoms with van der Waals surface area (Å²) >= 11 is 0. The maximum atomic E-state index is 13.7. The van der Waals surface area contributed by atoms with Gasteiger partial charge in [0.2, 0.25) is 0 Å². The predicted molar refractivity (Wildman–Crippen MR) is 82.8 cm³/mol. The van der Waals surface area contributed by atoms with Crippen molar-refractivity contribution in [1.82, 2.24) is 5.43 Å². The molecule has 21 heavy (non-hydrogen) atoms. The summed E-state index contributed by atoms with van der Waals surface area (Å²) in [6.45, 7) is 5.87. The van der Waals surface area contributed by atoms with Gasteiger partial charge in [-0.1, -0.05) is 12.1 Å². The molecule has 2 rings (SSSR count). The van der Waals surface area contributed by atoms with Gasteiger partial charge in [-0.25, -0.2) is 9.82 Å². The third-order valence-electron chi connectivity index (χ3n) is 3.57. The van der Waals surface area contributed by atoms with E-state index >= 15 is 0 Å². The van der Waals surface area contributed by atoms with Crippen molar-refractivity contribution < 1.29 is 9.13 Å². The fourth-order valence-electron chi connectivity index (χ4n) is 2.76. The summed E-state index contributed by atoms with van der Waals surface area (Å²) in [4.78, 5) is 0. The number of benzene rings is 2. The largest absolute Gasteiger partial charge is 0.496 e.